The van der Waals surface area contributed by atoms with Gasteiger partial charge in [-0.3, -0.25) is 0 Å². The molecule has 0 spiro atoms. The van der Waals surface area contributed by atoms with E-state index in [0.717, 1.165) is 55.7 Å². The Bertz CT molecular complexity index is 3040. The van der Waals surface area contributed by atoms with Crippen molar-refractivity contribution in [2.24, 2.45) is 0 Å². The highest BCUT2D eigenvalue weighted by Crippen LogP contribution is 2.41. The predicted octanol–water partition coefficient (Wildman–Crippen LogP) is 15.4. The zero-order valence-electron chi connectivity index (χ0n) is 37.1. The number of carbonyl (C=O) groups is 2. The third-order valence-corrected chi connectivity index (χ3v) is 11.6. The van der Waals surface area contributed by atoms with Crippen LogP contribution in [0.1, 0.15) is 42.0 Å². The van der Waals surface area contributed by atoms with Crippen LogP contribution in [0, 0.1) is 6.92 Å². The van der Waals surface area contributed by atoms with Gasteiger partial charge in [-0.25, -0.2) is 9.59 Å². The zero-order valence-corrected chi connectivity index (χ0v) is 37.1. The van der Waals surface area contributed by atoms with Crippen LogP contribution in [0.5, 0.6) is 11.5 Å². The van der Waals surface area contributed by atoms with Crippen LogP contribution >= 0.6 is 0 Å². The molecule has 0 saturated heterocycles. The number of fused-ring (bicyclic) bond motifs is 2. The number of hydrogen-bond acceptors (Lipinski definition) is 6. The van der Waals surface area contributed by atoms with Crippen molar-refractivity contribution >= 4 is 67.6 Å². The number of benzene rings is 9. The summed E-state index contributed by atoms with van der Waals surface area (Å²) in [6.07, 6.45) is 0. The summed E-state index contributed by atoms with van der Waals surface area (Å²) in [4.78, 5) is 28.9. The SMILES string of the molecule is C=C(C)C(=O)Oc1ccc2cc(N(c3ccccc3)c3ccc(C(c4ccc(C)cc4)c4ccc(N(c5ccccc5)c5ccc6cc(OC(=O)C(=C)C)ccc6c5)cc4)cc3)ccc2c1. The summed E-state index contributed by atoms with van der Waals surface area (Å²) in [6, 6.07) is 71.3. The molecule has 0 saturated carbocycles. The Labute approximate surface area is 385 Å². The molecule has 0 aromatic heterocycles. The summed E-state index contributed by atoms with van der Waals surface area (Å²) in [5.74, 6) is 0.0430. The molecular weight excluding hydrogens is 813 g/mol. The summed E-state index contributed by atoms with van der Waals surface area (Å²) in [5.41, 5.74) is 11.6. The number of nitrogens with zero attached hydrogens (tertiary/aromatic N) is 2. The summed E-state index contributed by atoms with van der Waals surface area (Å²) in [6.45, 7) is 12.8. The van der Waals surface area contributed by atoms with Gasteiger partial charge in [0, 0.05) is 51.2 Å². The second kappa shape index (κ2) is 18.7. The van der Waals surface area contributed by atoms with E-state index in [1.165, 1.54) is 22.3 Å². The number of carbonyl (C=O) groups excluding carboxylic acids is 2. The summed E-state index contributed by atoms with van der Waals surface area (Å²) in [7, 11) is 0. The van der Waals surface area contributed by atoms with E-state index in [1.807, 2.05) is 48.5 Å². The molecule has 6 nitrogen and oxygen atoms in total. The molecule has 0 N–H and O–H groups in total. The minimum Gasteiger partial charge on any atom is -0.423 e. The maximum atomic E-state index is 12.2. The maximum absolute atomic E-state index is 12.2. The van der Waals surface area contributed by atoms with Crippen LogP contribution in [0.3, 0.4) is 0 Å². The van der Waals surface area contributed by atoms with Gasteiger partial charge in [0.2, 0.25) is 0 Å². The van der Waals surface area contributed by atoms with Gasteiger partial charge in [-0.1, -0.05) is 128 Å². The van der Waals surface area contributed by atoms with E-state index in [-0.39, 0.29) is 5.92 Å². The minimum atomic E-state index is -0.443. The third kappa shape index (κ3) is 9.26. The Morgan fingerprint density at radius 2 is 0.712 bits per heavy atom. The molecule has 0 unspecified atom stereocenters. The van der Waals surface area contributed by atoms with Crippen molar-refractivity contribution in [2.45, 2.75) is 26.7 Å². The quantitative estimate of drug-likeness (QED) is 0.0498. The van der Waals surface area contributed by atoms with Crippen molar-refractivity contribution < 1.29 is 19.1 Å². The average molecular weight is 861 g/mol. The Balaban J connectivity index is 1.05. The van der Waals surface area contributed by atoms with Gasteiger partial charge < -0.3 is 19.3 Å². The lowest BCUT2D eigenvalue weighted by Crippen LogP contribution is -2.11. The van der Waals surface area contributed by atoms with Gasteiger partial charge >= 0.3 is 11.9 Å². The summed E-state index contributed by atoms with van der Waals surface area (Å²) in [5, 5.41) is 3.96. The van der Waals surface area contributed by atoms with E-state index >= 15 is 0 Å². The number of hydrogen-bond donors (Lipinski definition) is 0. The molecule has 0 aliphatic heterocycles. The summed E-state index contributed by atoms with van der Waals surface area (Å²) >= 11 is 0. The molecule has 322 valence electrons. The highest BCUT2D eigenvalue weighted by Gasteiger charge is 2.21. The van der Waals surface area contributed by atoms with Crippen molar-refractivity contribution in [3.8, 4) is 11.5 Å². The van der Waals surface area contributed by atoms with Crippen molar-refractivity contribution in [1.29, 1.82) is 0 Å². The lowest BCUT2D eigenvalue weighted by Gasteiger charge is -2.28. The normalized spacial score (nSPS) is 11.0. The van der Waals surface area contributed by atoms with E-state index in [4.69, 9.17) is 9.47 Å². The van der Waals surface area contributed by atoms with Gasteiger partial charge in [0.25, 0.3) is 0 Å². The smallest absolute Gasteiger partial charge is 0.338 e. The molecular formula is C60H48N2O4. The lowest BCUT2D eigenvalue weighted by molar-refractivity contribution is -0.130. The number of para-hydroxylation sites is 2. The van der Waals surface area contributed by atoms with Crippen LogP contribution in [0.25, 0.3) is 21.5 Å². The predicted molar refractivity (Wildman–Crippen MR) is 270 cm³/mol. The fourth-order valence-corrected chi connectivity index (χ4v) is 8.23. The van der Waals surface area contributed by atoms with Crippen LogP contribution in [-0.2, 0) is 9.59 Å². The third-order valence-electron chi connectivity index (χ3n) is 11.6. The van der Waals surface area contributed by atoms with Crippen molar-refractivity contribution in [2.75, 3.05) is 9.80 Å². The molecule has 0 fully saturated rings. The Morgan fingerprint density at radius 1 is 0.394 bits per heavy atom. The lowest BCUT2D eigenvalue weighted by atomic mass is 9.84. The number of anilines is 6. The number of aryl methyl sites for hydroxylation is 1. The highest BCUT2D eigenvalue weighted by molar-refractivity contribution is 5.94. The zero-order chi connectivity index (χ0) is 45.7. The van der Waals surface area contributed by atoms with Gasteiger partial charge in [0.05, 0.1) is 0 Å². The fraction of sp³-hybridized carbons (Fsp3) is 0.0667. The number of esters is 2. The first-order valence-corrected chi connectivity index (χ1v) is 21.9. The molecule has 0 radical (unpaired) electrons. The molecule has 0 bridgehead atoms. The van der Waals surface area contributed by atoms with E-state index in [9.17, 15) is 9.59 Å². The molecule has 9 rings (SSSR count). The number of ether oxygens (including phenoxy) is 2. The topological polar surface area (TPSA) is 59.1 Å². The standard InChI is InChI=1S/C60H48N2O4/c1-40(2)59(63)65-56-34-26-46-36-54(32-24-48(46)38-56)61(50-12-8-6-9-13-50)52-28-20-44(21-29-52)58(43-18-16-42(5)17-19-43)45-22-30-53(31-23-45)62(51-14-10-7-11-15-51)55-33-25-49-39-57(35-27-47(49)37-55)66-60(64)41(3)4/h6-39,58H,1,3H2,2,4-5H3. The largest absolute Gasteiger partial charge is 0.423 e. The van der Waals surface area contributed by atoms with Gasteiger partial charge in [0.15, 0.2) is 0 Å². The Kier molecular flexibility index (Phi) is 12.1. The van der Waals surface area contributed by atoms with Gasteiger partial charge in [-0.15, -0.1) is 0 Å². The van der Waals surface area contributed by atoms with E-state index in [1.54, 1.807) is 13.8 Å². The molecule has 9 aromatic carbocycles. The average Bonchev–Trinajstić information content (AvgIpc) is 3.34. The van der Waals surface area contributed by atoms with Crippen LogP contribution in [0.2, 0.25) is 0 Å². The highest BCUT2D eigenvalue weighted by atomic mass is 16.5. The number of rotatable bonds is 13. The Morgan fingerprint density at radius 3 is 1.09 bits per heavy atom. The van der Waals surface area contributed by atoms with Crippen LogP contribution < -0.4 is 19.3 Å². The van der Waals surface area contributed by atoms with Crippen LogP contribution in [0.15, 0.2) is 231 Å². The Hall–Kier alpha value is -8.48. The van der Waals surface area contributed by atoms with Gasteiger partial charge in [0.1, 0.15) is 11.5 Å². The molecule has 0 atom stereocenters. The monoisotopic (exact) mass is 860 g/mol. The van der Waals surface area contributed by atoms with Crippen LogP contribution in [0.4, 0.5) is 34.1 Å². The van der Waals surface area contributed by atoms with E-state index < -0.39 is 11.9 Å². The van der Waals surface area contributed by atoms with E-state index in [2.05, 4.69) is 188 Å². The van der Waals surface area contributed by atoms with Crippen molar-refractivity contribution in [3.63, 3.8) is 0 Å². The molecule has 0 aliphatic carbocycles. The molecule has 6 heteroatoms. The van der Waals surface area contributed by atoms with Gasteiger partial charge in [-0.05, 0) is 156 Å². The molecule has 0 amide bonds. The van der Waals surface area contributed by atoms with Crippen LogP contribution in [-0.4, -0.2) is 11.9 Å². The van der Waals surface area contributed by atoms with E-state index in [0.29, 0.717) is 22.6 Å². The maximum Gasteiger partial charge on any atom is 0.338 e. The minimum absolute atomic E-state index is 0.0354. The second-order valence-electron chi connectivity index (χ2n) is 16.6. The molecule has 0 heterocycles. The first-order valence-electron chi connectivity index (χ1n) is 21.9. The first-order chi connectivity index (χ1) is 32.1. The first kappa shape index (κ1) is 42.8. The second-order valence-corrected chi connectivity index (χ2v) is 16.6. The van der Waals surface area contributed by atoms with Gasteiger partial charge in [-0.2, -0.15) is 0 Å². The molecule has 66 heavy (non-hydrogen) atoms. The molecule has 9 aromatic rings. The van der Waals surface area contributed by atoms with Crippen molar-refractivity contribution in [1.82, 2.24) is 0 Å². The fourth-order valence-electron chi connectivity index (χ4n) is 8.23. The summed E-state index contributed by atoms with van der Waals surface area (Å²) < 4.78 is 11.0. The van der Waals surface area contributed by atoms with Crippen molar-refractivity contribution in [3.05, 3.63) is 253 Å². The molecule has 0 aliphatic rings.